The molecule has 0 aromatic carbocycles. The highest BCUT2D eigenvalue weighted by Crippen LogP contribution is 2.42. The molecule has 14 heteroatoms. The molecule has 2 unspecified atom stereocenters. The molecule has 13 nitrogen and oxygen atoms in total. The monoisotopic (exact) mass is 512 g/mol. The van der Waals surface area contributed by atoms with Gasteiger partial charge in [-0.3, -0.25) is 29.3 Å². The van der Waals surface area contributed by atoms with Crippen LogP contribution >= 0.6 is 11.5 Å². The number of hydrogen-bond acceptors (Lipinski definition) is 10. The van der Waals surface area contributed by atoms with Gasteiger partial charge in [0.05, 0.1) is 18.2 Å². The Balaban J connectivity index is 1.52. The Kier molecular flexibility index (Phi) is 5.71. The number of aromatic amines is 1. The number of pyridine rings is 1. The molecule has 0 radical (unpaired) electrons. The minimum absolute atomic E-state index is 0.137. The third-order valence-corrected chi connectivity index (χ3v) is 7.34. The number of anilines is 3. The largest absolute Gasteiger partial charge is 0.479 e. The normalized spacial score (nSPS) is 21.8. The van der Waals surface area contributed by atoms with Crippen molar-refractivity contribution in [2.24, 2.45) is 0 Å². The molecule has 1 saturated heterocycles. The van der Waals surface area contributed by atoms with Gasteiger partial charge in [0.25, 0.3) is 5.56 Å². The highest BCUT2D eigenvalue weighted by Gasteiger charge is 2.62. The lowest BCUT2D eigenvalue weighted by Gasteiger charge is -2.52. The molecule has 36 heavy (non-hydrogen) atoms. The van der Waals surface area contributed by atoms with Gasteiger partial charge in [-0.15, -0.1) is 0 Å². The second-order valence-corrected chi connectivity index (χ2v) is 9.85. The van der Waals surface area contributed by atoms with Crippen LogP contribution in [0.3, 0.4) is 0 Å². The highest BCUT2D eigenvalue weighted by molar-refractivity contribution is 7.09. The minimum Gasteiger partial charge on any atom is -0.479 e. The first-order chi connectivity index (χ1) is 17.1. The quantitative estimate of drug-likeness (QED) is 0.408. The molecule has 2 aliphatic rings. The first-order valence-corrected chi connectivity index (χ1v) is 12.1. The number of aryl methyl sites for hydroxylation is 1. The number of nitrogens with zero attached hydrogens (tertiary/aromatic N) is 6. The van der Waals surface area contributed by atoms with Gasteiger partial charge in [0.2, 0.25) is 16.6 Å². The second kappa shape index (κ2) is 8.64. The summed E-state index contributed by atoms with van der Waals surface area (Å²) in [6.07, 6.45) is 3.24. The van der Waals surface area contributed by atoms with Crippen molar-refractivity contribution in [2.75, 3.05) is 23.3 Å². The fourth-order valence-corrected chi connectivity index (χ4v) is 5.29. The van der Waals surface area contributed by atoms with Crippen LogP contribution in [0.1, 0.15) is 42.2 Å². The predicted octanol–water partition coefficient (Wildman–Crippen LogP) is 1.18. The molecule has 3 aromatic rings. The van der Waals surface area contributed by atoms with Gasteiger partial charge in [-0.05, 0) is 38.8 Å². The zero-order valence-corrected chi connectivity index (χ0v) is 20.6. The summed E-state index contributed by atoms with van der Waals surface area (Å²) in [7, 11) is 0. The predicted molar refractivity (Wildman–Crippen MR) is 130 cm³/mol. The number of hydrogen-bond donors (Lipinski definition) is 3. The van der Waals surface area contributed by atoms with E-state index in [4.69, 9.17) is 0 Å². The molecule has 3 aromatic heterocycles. The number of rotatable bonds is 6. The lowest BCUT2D eigenvalue weighted by Crippen LogP contribution is -2.74. The van der Waals surface area contributed by atoms with Crippen LogP contribution in [0, 0.1) is 6.92 Å². The molecule has 2 aliphatic heterocycles. The van der Waals surface area contributed by atoms with E-state index in [1.807, 2.05) is 13.8 Å². The molecule has 188 valence electrons. The van der Waals surface area contributed by atoms with Crippen molar-refractivity contribution in [3.63, 3.8) is 0 Å². The van der Waals surface area contributed by atoms with E-state index in [2.05, 4.69) is 24.8 Å². The molecular weight excluding hydrogens is 488 g/mol. The van der Waals surface area contributed by atoms with Gasteiger partial charge in [-0.25, -0.2) is 19.4 Å². The number of aromatic nitrogens is 5. The molecule has 0 saturated carbocycles. The van der Waals surface area contributed by atoms with Gasteiger partial charge < -0.3 is 10.4 Å². The summed E-state index contributed by atoms with van der Waals surface area (Å²) in [5.74, 6) is -2.00. The number of aliphatic carboxylic acids is 1. The number of ketones is 1. The smallest absolute Gasteiger partial charge is 0.334 e. The van der Waals surface area contributed by atoms with Gasteiger partial charge in [-0.1, -0.05) is 0 Å². The van der Waals surface area contributed by atoms with Crippen LogP contribution in [0.2, 0.25) is 0 Å². The van der Waals surface area contributed by atoms with E-state index in [-0.39, 0.29) is 36.1 Å². The van der Waals surface area contributed by atoms with Crippen molar-refractivity contribution in [3.05, 3.63) is 46.1 Å². The van der Waals surface area contributed by atoms with E-state index in [0.29, 0.717) is 22.9 Å². The summed E-state index contributed by atoms with van der Waals surface area (Å²) in [4.78, 5) is 63.7. The molecule has 5 heterocycles. The Morgan fingerprint density at radius 2 is 2.08 bits per heavy atom. The van der Waals surface area contributed by atoms with E-state index in [9.17, 15) is 24.3 Å². The van der Waals surface area contributed by atoms with Gasteiger partial charge in [0, 0.05) is 36.4 Å². The average molecular weight is 513 g/mol. The summed E-state index contributed by atoms with van der Waals surface area (Å²) in [6, 6.07) is 1.87. The Morgan fingerprint density at radius 1 is 1.31 bits per heavy atom. The number of H-pyrrole nitrogens is 1. The number of likely N-dealkylation sites (tertiary alicyclic amines) is 1. The molecule has 0 aliphatic carbocycles. The molecule has 2 atom stereocenters. The van der Waals surface area contributed by atoms with E-state index in [0.717, 1.165) is 11.5 Å². The Labute approximate surface area is 208 Å². The Morgan fingerprint density at radius 3 is 2.67 bits per heavy atom. The Hall–Kier alpha value is -3.91. The number of carbonyl (C=O) groups is 3. The van der Waals surface area contributed by atoms with Gasteiger partial charge in [0.1, 0.15) is 18.0 Å². The molecule has 3 N–H and O–H groups in total. The van der Waals surface area contributed by atoms with E-state index < -0.39 is 29.2 Å². The molecule has 1 fully saturated rings. The highest BCUT2D eigenvalue weighted by atomic mass is 32.1. The number of amides is 1. The van der Waals surface area contributed by atoms with Crippen LogP contribution in [0.5, 0.6) is 0 Å². The molecular formula is C22H24N8O5S. The van der Waals surface area contributed by atoms with Gasteiger partial charge in [-0.2, -0.15) is 4.37 Å². The lowest BCUT2D eigenvalue weighted by molar-refractivity contribution is -0.155. The number of fused-ring (bicyclic) bond motifs is 1. The zero-order chi connectivity index (χ0) is 25.8. The van der Waals surface area contributed by atoms with Crippen molar-refractivity contribution in [1.29, 1.82) is 0 Å². The van der Waals surface area contributed by atoms with Crippen molar-refractivity contribution in [3.8, 4) is 0 Å². The summed E-state index contributed by atoms with van der Waals surface area (Å²) in [6.45, 7) is 5.29. The average Bonchev–Trinajstić information content (AvgIpc) is 3.44. The molecule has 0 spiro atoms. The molecule has 5 rings (SSSR count). The third kappa shape index (κ3) is 3.52. The van der Waals surface area contributed by atoms with E-state index >= 15 is 0 Å². The van der Waals surface area contributed by atoms with Gasteiger partial charge in [0.15, 0.2) is 5.78 Å². The molecule has 1 amide bonds. The Bertz CT molecular complexity index is 1410. The number of carbonyl (C=O) groups excluding carboxylic acids is 2. The standard InChI is InChI=1S/C22H24N8O5S/c1-11(2)30-15(31)8-14(27-30)26-19(33)13-5-7-29(13)22(20(34)35)9-28(21-24-10-25-36-21)18-16(17(22)32)12(3)4-6-23-18/h4,6,8,10-11,13,27H,5,7,9H2,1-3H3,(H,26,33)(H,34,35). The second-order valence-electron chi connectivity index (χ2n) is 9.09. The van der Waals surface area contributed by atoms with Crippen LogP contribution in [0.4, 0.5) is 16.8 Å². The summed E-state index contributed by atoms with van der Waals surface area (Å²) in [5, 5.41) is 16.4. The number of carboxylic acid groups (broad SMARTS) is 1. The fourth-order valence-electron chi connectivity index (χ4n) is 4.76. The minimum atomic E-state index is -2.05. The van der Waals surface area contributed by atoms with Crippen molar-refractivity contribution >= 4 is 46.0 Å². The van der Waals surface area contributed by atoms with Crippen LogP contribution in [-0.2, 0) is 9.59 Å². The van der Waals surface area contributed by atoms with Crippen LogP contribution < -0.4 is 15.8 Å². The summed E-state index contributed by atoms with van der Waals surface area (Å²) >= 11 is 1.05. The first-order valence-electron chi connectivity index (χ1n) is 11.3. The molecule has 0 bridgehead atoms. The van der Waals surface area contributed by atoms with E-state index in [1.54, 1.807) is 24.1 Å². The van der Waals surface area contributed by atoms with Crippen molar-refractivity contribution in [2.45, 2.75) is 44.8 Å². The fraction of sp³-hybridized carbons (Fsp3) is 0.409. The SMILES string of the molecule is Cc1ccnc2c1C(=O)C(C(=O)O)(N1CCC1C(=O)Nc1cc(=O)n(C(C)C)[nH]1)CN2c1ncns1. The third-order valence-electron chi connectivity index (χ3n) is 6.65. The zero-order valence-electron chi connectivity index (χ0n) is 19.8. The maximum atomic E-state index is 13.9. The summed E-state index contributed by atoms with van der Waals surface area (Å²) < 4.78 is 5.38. The van der Waals surface area contributed by atoms with Gasteiger partial charge >= 0.3 is 5.97 Å². The number of carboxylic acids is 1. The van der Waals surface area contributed by atoms with Crippen molar-refractivity contribution < 1.29 is 19.5 Å². The maximum Gasteiger partial charge on any atom is 0.334 e. The summed E-state index contributed by atoms with van der Waals surface area (Å²) in [5.41, 5.74) is -1.61. The van der Waals surface area contributed by atoms with Crippen molar-refractivity contribution in [1.82, 2.24) is 29.0 Å². The van der Waals surface area contributed by atoms with Crippen LogP contribution in [0.25, 0.3) is 0 Å². The van der Waals surface area contributed by atoms with Crippen LogP contribution in [0.15, 0.2) is 29.5 Å². The first kappa shape index (κ1) is 23.8. The number of nitrogens with one attached hydrogen (secondary N) is 2. The van der Waals surface area contributed by atoms with Crippen LogP contribution in [-0.4, -0.2) is 76.5 Å². The topological polar surface area (TPSA) is 166 Å². The maximum absolute atomic E-state index is 13.9. The van der Waals surface area contributed by atoms with E-state index in [1.165, 1.54) is 22.0 Å². The lowest BCUT2D eigenvalue weighted by atomic mass is 9.78. The number of Topliss-reactive ketones (excluding diaryl/α,β-unsaturated/α-hetero) is 1.